The summed E-state index contributed by atoms with van der Waals surface area (Å²) in [5.41, 5.74) is -1.16. The molecule has 0 spiro atoms. The molecule has 0 amide bonds. The van der Waals surface area contributed by atoms with Crippen LogP contribution in [0.4, 0.5) is 4.39 Å². The van der Waals surface area contributed by atoms with Crippen LogP contribution < -0.4 is 0 Å². The van der Waals surface area contributed by atoms with Crippen molar-refractivity contribution >= 4 is 11.5 Å². The zero-order valence-electron chi connectivity index (χ0n) is 12.4. The van der Waals surface area contributed by atoms with E-state index in [-0.39, 0.29) is 17.7 Å². The first-order chi connectivity index (χ1) is 11.0. The molecule has 2 atom stereocenters. The van der Waals surface area contributed by atoms with Gasteiger partial charge in [0.1, 0.15) is 11.9 Å². The Morgan fingerprint density at radius 2 is 2.26 bits per heavy atom. The first-order valence-electron chi connectivity index (χ1n) is 7.09. The van der Waals surface area contributed by atoms with Crippen molar-refractivity contribution in [3.05, 3.63) is 66.5 Å². The quantitative estimate of drug-likeness (QED) is 0.646. The van der Waals surface area contributed by atoms with Crippen LogP contribution >= 0.6 is 0 Å². The standard InChI is InChI=1S/C18H16FNO3/c1-2-3-10-23-18(12-20)9-8-13(17(21)22)11-15(18)14-6-4-5-7-16(14)19/h2,4-9,11,13H,1,3,10H2,(H,21,22). The summed E-state index contributed by atoms with van der Waals surface area (Å²) in [6.07, 6.45) is 6.28. The molecule has 0 aliphatic heterocycles. The van der Waals surface area contributed by atoms with Crippen molar-refractivity contribution in [2.24, 2.45) is 5.92 Å². The van der Waals surface area contributed by atoms with Crippen LogP contribution in [0.1, 0.15) is 12.0 Å². The molecule has 5 heteroatoms. The molecule has 0 saturated heterocycles. The summed E-state index contributed by atoms with van der Waals surface area (Å²) >= 11 is 0. The maximum absolute atomic E-state index is 14.2. The van der Waals surface area contributed by atoms with E-state index in [2.05, 4.69) is 6.58 Å². The van der Waals surface area contributed by atoms with Crippen LogP contribution in [0.15, 0.2) is 55.1 Å². The second-order valence-corrected chi connectivity index (χ2v) is 5.06. The number of hydrogen-bond acceptors (Lipinski definition) is 3. The molecule has 1 aliphatic carbocycles. The zero-order chi connectivity index (χ0) is 16.9. The fourth-order valence-corrected chi connectivity index (χ4v) is 2.37. The van der Waals surface area contributed by atoms with Crippen molar-refractivity contribution < 1.29 is 19.0 Å². The molecule has 1 N–H and O–H groups in total. The lowest BCUT2D eigenvalue weighted by Crippen LogP contribution is -2.34. The summed E-state index contributed by atoms with van der Waals surface area (Å²) in [7, 11) is 0. The van der Waals surface area contributed by atoms with Gasteiger partial charge in [-0.05, 0) is 18.6 Å². The van der Waals surface area contributed by atoms with Crippen molar-refractivity contribution in [1.82, 2.24) is 0 Å². The minimum absolute atomic E-state index is 0.156. The normalized spacial score (nSPS) is 23.0. The molecule has 1 aromatic rings. The van der Waals surface area contributed by atoms with Gasteiger partial charge in [0.2, 0.25) is 0 Å². The van der Waals surface area contributed by atoms with Gasteiger partial charge >= 0.3 is 5.97 Å². The van der Waals surface area contributed by atoms with Gasteiger partial charge in [-0.15, -0.1) is 6.58 Å². The Labute approximate surface area is 133 Å². The van der Waals surface area contributed by atoms with Crippen LogP contribution in [0, 0.1) is 23.1 Å². The summed E-state index contributed by atoms with van der Waals surface area (Å²) in [4.78, 5) is 11.2. The SMILES string of the molecule is C=CCCOC1(C#N)C=CC(C(=O)O)C=C1c1ccccc1F. The first-order valence-corrected chi connectivity index (χ1v) is 7.09. The van der Waals surface area contributed by atoms with E-state index in [0.717, 1.165) is 0 Å². The molecule has 1 aromatic carbocycles. The number of nitriles is 1. The monoisotopic (exact) mass is 313 g/mol. The average molecular weight is 313 g/mol. The van der Waals surface area contributed by atoms with Crippen LogP contribution in [-0.4, -0.2) is 23.3 Å². The Morgan fingerprint density at radius 1 is 1.52 bits per heavy atom. The van der Waals surface area contributed by atoms with Crippen LogP contribution in [0.2, 0.25) is 0 Å². The van der Waals surface area contributed by atoms with E-state index in [9.17, 15) is 19.6 Å². The molecule has 1 aliphatic rings. The van der Waals surface area contributed by atoms with Crippen molar-refractivity contribution in [3.63, 3.8) is 0 Å². The van der Waals surface area contributed by atoms with Crippen molar-refractivity contribution in [2.75, 3.05) is 6.61 Å². The molecule has 0 saturated carbocycles. The van der Waals surface area contributed by atoms with Gasteiger partial charge in [-0.2, -0.15) is 5.26 Å². The third kappa shape index (κ3) is 3.38. The van der Waals surface area contributed by atoms with Gasteiger partial charge in [-0.3, -0.25) is 4.79 Å². The van der Waals surface area contributed by atoms with Gasteiger partial charge in [0.25, 0.3) is 0 Å². The lowest BCUT2D eigenvalue weighted by Gasteiger charge is -2.30. The summed E-state index contributed by atoms with van der Waals surface area (Å²) in [5, 5.41) is 18.8. The van der Waals surface area contributed by atoms with Crippen LogP contribution in [-0.2, 0) is 9.53 Å². The van der Waals surface area contributed by atoms with E-state index in [1.54, 1.807) is 12.1 Å². The minimum Gasteiger partial charge on any atom is -0.481 e. The van der Waals surface area contributed by atoms with E-state index in [1.165, 1.54) is 36.4 Å². The Kier molecular flexibility index (Phi) is 5.09. The fourth-order valence-electron chi connectivity index (χ4n) is 2.37. The van der Waals surface area contributed by atoms with Gasteiger partial charge < -0.3 is 9.84 Å². The maximum Gasteiger partial charge on any atom is 0.314 e. The van der Waals surface area contributed by atoms with Crippen LogP contribution in [0.3, 0.4) is 0 Å². The first kappa shape index (κ1) is 16.7. The minimum atomic E-state index is -1.52. The maximum atomic E-state index is 14.2. The predicted molar refractivity (Wildman–Crippen MR) is 83.8 cm³/mol. The van der Waals surface area contributed by atoms with Crippen LogP contribution in [0.5, 0.6) is 0 Å². The highest BCUT2D eigenvalue weighted by molar-refractivity contribution is 5.85. The Bertz CT molecular complexity index is 717. The van der Waals surface area contributed by atoms with E-state index in [4.69, 9.17) is 4.74 Å². The Hall–Kier alpha value is -2.71. The van der Waals surface area contributed by atoms with E-state index < -0.39 is 23.3 Å². The molecule has 4 nitrogen and oxygen atoms in total. The fraction of sp³-hybridized carbons (Fsp3) is 0.222. The van der Waals surface area contributed by atoms with Gasteiger partial charge in [0.05, 0.1) is 12.5 Å². The summed E-state index contributed by atoms with van der Waals surface area (Å²) in [6.45, 7) is 3.80. The molecule has 0 heterocycles. The highest BCUT2D eigenvalue weighted by Gasteiger charge is 2.39. The van der Waals surface area contributed by atoms with E-state index in [0.29, 0.717) is 6.42 Å². The number of carbonyl (C=O) groups is 1. The van der Waals surface area contributed by atoms with Crippen LogP contribution in [0.25, 0.3) is 5.57 Å². The number of aliphatic carboxylic acids is 1. The van der Waals surface area contributed by atoms with Crippen molar-refractivity contribution in [2.45, 2.75) is 12.0 Å². The third-order valence-electron chi connectivity index (χ3n) is 3.55. The smallest absolute Gasteiger partial charge is 0.314 e. The summed E-state index contributed by atoms with van der Waals surface area (Å²) in [6, 6.07) is 7.95. The van der Waals surface area contributed by atoms with Gasteiger partial charge in [-0.1, -0.05) is 36.4 Å². The largest absolute Gasteiger partial charge is 0.481 e. The topological polar surface area (TPSA) is 70.3 Å². The number of benzene rings is 1. The second-order valence-electron chi connectivity index (χ2n) is 5.06. The molecule has 0 bridgehead atoms. The second kappa shape index (κ2) is 7.03. The zero-order valence-corrected chi connectivity index (χ0v) is 12.4. The molecule has 23 heavy (non-hydrogen) atoms. The van der Waals surface area contributed by atoms with Gasteiger partial charge in [0, 0.05) is 11.1 Å². The number of nitrogens with zero attached hydrogens (tertiary/aromatic N) is 1. The van der Waals surface area contributed by atoms with Crippen molar-refractivity contribution in [3.8, 4) is 6.07 Å². The lowest BCUT2D eigenvalue weighted by atomic mass is 9.81. The van der Waals surface area contributed by atoms with E-state index >= 15 is 0 Å². The number of rotatable bonds is 6. The van der Waals surface area contributed by atoms with Gasteiger partial charge in [0.15, 0.2) is 5.60 Å². The van der Waals surface area contributed by atoms with Crippen molar-refractivity contribution in [1.29, 1.82) is 5.26 Å². The lowest BCUT2D eigenvalue weighted by molar-refractivity contribution is -0.138. The Balaban J connectivity index is 2.52. The van der Waals surface area contributed by atoms with E-state index in [1.807, 2.05) is 6.07 Å². The molecule has 118 valence electrons. The summed E-state index contributed by atoms with van der Waals surface area (Å²) < 4.78 is 19.8. The molecule has 0 fully saturated rings. The Morgan fingerprint density at radius 3 is 2.87 bits per heavy atom. The molecule has 2 rings (SSSR count). The average Bonchev–Trinajstić information content (AvgIpc) is 2.55. The molecule has 0 radical (unpaired) electrons. The number of carboxylic acids is 1. The summed E-state index contributed by atoms with van der Waals surface area (Å²) in [5.74, 6) is -2.55. The highest BCUT2D eigenvalue weighted by Crippen LogP contribution is 2.38. The molecular formula is C18H16FNO3. The predicted octanol–water partition coefficient (Wildman–Crippen LogP) is 3.33. The third-order valence-corrected chi connectivity index (χ3v) is 3.55. The molecule has 2 unspecified atom stereocenters. The number of carboxylic acid groups (broad SMARTS) is 1. The molecule has 0 aromatic heterocycles. The number of halogens is 1. The number of ether oxygens (including phenoxy) is 1. The highest BCUT2D eigenvalue weighted by atomic mass is 19.1. The van der Waals surface area contributed by atoms with Gasteiger partial charge in [-0.25, -0.2) is 4.39 Å². The molecular weight excluding hydrogens is 297 g/mol. The number of hydrogen-bond donors (Lipinski definition) is 1.